The molecule has 5 nitrogen and oxygen atoms in total. The van der Waals surface area contributed by atoms with E-state index in [1.54, 1.807) is 36.2 Å². The lowest BCUT2D eigenvalue weighted by molar-refractivity contribution is -0.128. The first-order valence-electron chi connectivity index (χ1n) is 6.84. The number of hydrogen-bond acceptors (Lipinski definition) is 3. The summed E-state index contributed by atoms with van der Waals surface area (Å²) in [5.74, 6) is -0.570. The molecule has 21 heavy (non-hydrogen) atoms. The molecule has 1 aliphatic rings. The molecule has 0 saturated carbocycles. The molecule has 5 heteroatoms. The fourth-order valence-corrected chi connectivity index (χ4v) is 2.63. The van der Waals surface area contributed by atoms with E-state index in [1.807, 2.05) is 12.1 Å². The van der Waals surface area contributed by atoms with Crippen LogP contribution in [0.1, 0.15) is 16.8 Å². The summed E-state index contributed by atoms with van der Waals surface area (Å²) in [6, 6.07) is 10.2. The number of carbonyl (C=O) groups excluding carboxylic acids is 2. The van der Waals surface area contributed by atoms with Crippen LogP contribution in [0, 0.1) is 0 Å². The standard InChI is InChI=1S/C16H16N2O3/c1-18-9-8-13(16(18)21)17-15(20)12-7-6-10-4-2-3-5-11(10)14(12)19/h2-7,13,19H,8-9H2,1H3,(H,17,20). The minimum absolute atomic E-state index is 0.0515. The number of fused-ring (bicyclic) bond motifs is 1. The van der Waals surface area contributed by atoms with Gasteiger partial charge >= 0.3 is 0 Å². The Bertz CT molecular complexity index is 727. The summed E-state index contributed by atoms with van der Waals surface area (Å²) in [5.41, 5.74) is 0.191. The third kappa shape index (κ3) is 2.31. The monoisotopic (exact) mass is 284 g/mol. The van der Waals surface area contributed by atoms with Gasteiger partial charge in [-0.3, -0.25) is 9.59 Å². The average Bonchev–Trinajstić information content (AvgIpc) is 2.80. The summed E-state index contributed by atoms with van der Waals surface area (Å²) in [4.78, 5) is 25.7. The van der Waals surface area contributed by atoms with E-state index in [-0.39, 0.29) is 17.2 Å². The van der Waals surface area contributed by atoms with Crippen LogP contribution >= 0.6 is 0 Å². The van der Waals surface area contributed by atoms with Crippen LogP contribution < -0.4 is 5.32 Å². The molecule has 0 aliphatic carbocycles. The minimum atomic E-state index is -0.506. The topological polar surface area (TPSA) is 69.6 Å². The smallest absolute Gasteiger partial charge is 0.255 e. The number of phenols is 1. The summed E-state index contributed by atoms with van der Waals surface area (Å²) in [6.07, 6.45) is 0.593. The van der Waals surface area contributed by atoms with Crippen molar-refractivity contribution in [1.82, 2.24) is 10.2 Å². The number of hydrogen-bond donors (Lipinski definition) is 2. The Kier molecular flexibility index (Phi) is 3.25. The van der Waals surface area contributed by atoms with Crippen molar-refractivity contribution in [2.45, 2.75) is 12.5 Å². The van der Waals surface area contributed by atoms with Gasteiger partial charge in [-0.05, 0) is 17.9 Å². The quantitative estimate of drug-likeness (QED) is 0.878. The fraction of sp³-hybridized carbons (Fsp3) is 0.250. The molecule has 0 radical (unpaired) electrons. The van der Waals surface area contributed by atoms with Crippen LogP contribution in [-0.2, 0) is 4.79 Å². The SMILES string of the molecule is CN1CCC(NC(=O)c2ccc3ccccc3c2O)C1=O. The summed E-state index contributed by atoms with van der Waals surface area (Å²) in [6.45, 7) is 0.632. The highest BCUT2D eigenvalue weighted by Crippen LogP contribution is 2.28. The molecular formula is C16H16N2O3. The molecule has 1 atom stereocenters. The summed E-state index contributed by atoms with van der Waals surface area (Å²) < 4.78 is 0. The van der Waals surface area contributed by atoms with Crippen LogP contribution in [0.15, 0.2) is 36.4 Å². The second-order valence-corrected chi connectivity index (χ2v) is 5.26. The van der Waals surface area contributed by atoms with Crippen molar-refractivity contribution in [1.29, 1.82) is 0 Å². The normalized spacial score (nSPS) is 18.2. The second kappa shape index (κ2) is 5.09. The molecule has 108 valence electrons. The molecule has 3 rings (SSSR count). The van der Waals surface area contributed by atoms with Gasteiger partial charge in [-0.15, -0.1) is 0 Å². The molecule has 0 spiro atoms. The van der Waals surface area contributed by atoms with Gasteiger partial charge in [-0.25, -0.2) is 0 Å². The molecule has 2 aromatic carbocycles. The highest BCUT2D eigenvalue weighted by Gasteiger charge is 2.31. The van der Waals surface area contributed by atoms with Crippen molar-refractivity contribution in [3.63, 3.8) is 0 Å². The Morgan fingerprint density at radius 3 is 2.76 bits per heavy atom. The van der Waals surface area contributed by atoms with Gasteiger partial charge in [0.1, 0.15) is 11.8 Å². The van der Waals surface area contributed by atoms with Crippen molar-refractivity contribution < 1.29 is 14.7 Å². The van der Waals surface area contributed by atoms with Crippen molar-refractivity contribution in [2.75, 3.05) is 13.6 Å². The molecule has 2 aromatic rings. The Labute approximate surface area is 122 Å². The van der Waals surface area contributed by atoms with Gasteiger partial charge in [-0.1, -0.05) is 30.3 Å². The number of nitrogens with one attached hydrogen (secondary N) is 1. The molecule has 1 fully saturated rings. The van der Waals surface area contributed by atoms with Crippen LogP contribution in [0.5, 0.6) is 5.75 Å². The number of nitrogens with zero attached hydrogens (tertiary/aromatic N) is 1. The second-order valence-electron chi connectivity index (χ2n) is 5.26. The Hall–Kier alpha value is -2.56. The summed E-state index contributed by atoms with van der Waals surface area (Å²) in [7, 11) is 1.71. The van der Waals surface area contributed by atoms with Gasteiger partial charge in [0, 0.05) is 19.0 Å². The van der Waals surface area contributed by atoms with E-state index < -0.39 is 11.9 Å². The predicted octanol–water partition coefficient (Wildman–Crippen LogP) is 1.51. The van der Waals surface area contributed by atoms with Crippen LogP contribution in [0.2, 0.25) is 0 Å². The van der Waals surface area contributed by atoms with E-state index in [1.165, 1.54) is 0 Å². The fourth-order valence-electron chi connectivity index (χ4n) is 2.63. The Balaban J connectivity index is 1.88. The van der Waals surface area contributed by atoms with Crippen LogP contribution in [0.25, 0.3) is 10.8 Å². The van der Waals surface area contributed by atoms with E-state index in [9.17, 15) is 14.7 Å². The molecule has 1 aliphatic heterocycles. The summed E-state index contributed by atoms with van der Waals surface area (Å²) in [5, 5.41) is 14.4. The van der Waals surface area contributed by atoms with Gasteiger partial charge in [0.2, 0.25) is 5.91 Å². The van der Waals surface area contributed by atoms with Crippen molar-refractivity contribution in [3.8, 4) is 5.75 Å². The predicted molar refractivity (Wildman–Crippen MR) is 79.1 cm³/mol. The Morgan fingerprint density at radius 2 is 2.05 bits per heavy atom. The van der Waals surface area contributed by atoms with Gasteiger partial charge in [0.15, 0.2) is 0 Å². The van der Waals surface area contributed by atoms with Gasteiger partial charge < -0.3 is 15.3 Å². The molecule has 2 N–H and O–H groups in total. The van der Waals surface area contributed by atoms with Crippen LogP contribution in [0.3, 0.4) is 0 Å². The maximum absolute atomic E-state index is 12.3. The molecule has 2 amide bonds. The Morgan fingerprint density at radius 1 is 1.29 bits per heavy atom. The van der Waals surface area contributed by atoms with Crippen molar-refractivity contribution in [2.24, 2.45) is 0 Å². The highest BCUT2D eigenvalue weighted by atomic mass is 16.3. The number of likely N-dealkylation sites (N-methyl/N-ethyl adjacent to an activating group) is 1. The lowest BCUT2D eigenvalue weighted by Crippen LogP contribution is -2.40. The largest absolute Gasteiger partial charge is 0.506 e. The van der Waals surface area contributed by atoms with E-state index in [0.29, 0.717) is 18.4 Å². The van der Waals surface area contributed by atoms with Gasteiger partial charge in [0.25, 0.3) is 5.91 Å². The average molecular weight is 284 g/mol. The third-order valence-corrected chi connectivity index (χ3v) is 3.88. The van der Waals surface area contributed by atoms with Crippen LogP contribution in [-0.4, -0.2) is 41.5 Å². The number of aromatic hydroxyl groups is 1. The number of amides is 2. The summed E-state index contributed by atoms with van der Waals surface area (Å²) >= 11 is 0. The van der Waals surface area contributed by atoms with Gasteiger partial charge in [0.05, 0.1) is 5.56 Å². The van der Waals surface area contributed by atoms with E-state index in [0.717, 1.165) is 5.39 Å². The minimum Gasteiger partial charge on any atom is -0.506 e. The van der Waals surface area contributed by atoms with E-state index in [2.05, 4.69) is 5.32 Å². The highest BCUT2D eigenvalue weighted by molar-refractivity contribution is 6.05. The van der Waals surface area contributed by atoms with Crippen molar-refractivity contribution in [3.05, 3.63) is 42.0 Å². The molecule has 1 heterocycles. The zero-order valence-electron chi connectivity index (χ0n) is 11.7. The number of likely N-dealkylation sites (tertiary alicyclic amines) is 1. The number of carbonyl (C=O) groups is 2. The lowest BCUT2D eigenvalue weighted by Gasteiger charge is -2.13. The van der Waals surface area contributed by atoms with Crippen LogP contribution in [0.4, 0.5) is 0 Å². The molecular weight excluding hydrogens is 268 g/mol. The number of phenolic OH excluding ortho intramolecular Hbond substituents is 1. The molecule has 1 unspecified atom stereocenters. The van der Waals surface area contributed by atoms with E-state index in [4.69, 9.17) is 0 Å². The molecule has 0 aromatic heterocycles. The first-order valence-corrected chi connectivity index (χ1v) is 6.84. The molecule has 1 saturated heterocycles. The first-order chi connectivity index (χ1) is 10.1. The van der Waals surface area contributed by atoms with E-state index >= 15 is 0 Å². The lowest BCUT2D eigenvalue weighted by atomic mass is 10.0. The van der Waals surface area contributed by atoms with Crippen molar-refractivity contribution >= 4 is 22.6 Å². The zero-order valence-corrected chi connectivity index (χ0v) is 11.7. The van der Waals surface area contributed by atoms with Gasteiger partial charge in [-0.2, -0.15) is 0 Å². The number of benzene rings is 2. The maximum atomic E-state index is 12.3. The third-order valence-electron chi connectivity index (χ3n) is 3.88. The zero-order chi connectivity index (χ0) is 15.0. The first kappa shape index (κ1) is 13.4. The maximum Gasteiger partial charge on any atom is 0.255 e. The number of rotatable bonds is 2. The molecule has 0 bridgehead atoms.